The van der Waals surface area contributed by atoms with Gasteiger partial charge in [0.15, 0.2) is 0 Å². The number of thiol groups is 1. The van der Waals surface area contributed by atoms with E-state index >= 15 is 0 Å². The highest BCUT2D eigenvalue weighted by Gasteiger charge is 1.99. The summed E-state index contributed by atoms with van der Waals surface area (Å²) in [5, 5.41) is 0. The number of rotatable bonds is 1. The molecule has 62 valence electrons. The smallest absolute Gasteiger partial charge is 0.104 e. The van der Waals surface area contributed by atoms with Gasteiger partial charge in [-0.05, 0) is 25.1 Å². The van der Waals surface area contributed by atoms with Crippen LogP contribution in [0.5, 0.6) is 0 Å². The number of hydrogen-bond donors (Lipinski definition) is 2. The molecule has 2 rings (SSSR count). The van der Waals surface area contributed by atoms with Gasteiger partial charge in [-0.1, -0.05) is 10.8 Å². The average molecular weight is 196 g/mol. The Hall–Kier alpha value is -0.610. The molecule has 0 aliphatic heterocycles. The molecule has 0 amide bonds. The molecule has 0 fully saturated rings. The maximum atomic E-state index is 4.30. The minimum atomic E-state index is 0.950. The van der Waals surface area contributed by atoms with Gasteiger partial charge in [-0.2, -0.15) is 0 Å². The van der Waals surface area contributed by atoms with Crippen LogP contribution in [0, 0.1) is 6.92 Å². The number of aromatic amines is 1. The standard InChI is InChI=1S/C8H8N2S2/c1-5-9-7-3-2-6(12-11)4-8(7)10-5/h2-4,11H,1H3,(H,9,10). The average Bonchev–Trinajstić information content (AvgIpc) is 2.43. The van der Waals surface area contributed by atoms with Crippen LogP contribution in [-0.4, -0.2) is 9.97 Å². The van der Waals surface area contributed by atoms with Crippen molar-refractivity contribution in [3.63, 3.8) is 0 Å². The van der Waals surface area contributed by atoms with E-state index in [1.54, 1.807) is 0 Å². The summed E-state index contributed by atoms with van der Waals surface area (Å²) < 4.78 is 0. The molecule has 0 atom stereocenters. The highest BCUT2D eigenvalue weighted by atomic mass is 33.1. The molecular weight excluding hydrogens is 188 g/mol. The molecule has 0 radical (unpaired) electrons. The largest absolute Gasteiger partial charge is 0.342 e. The van der Waals surface area contributed by atoms with Crippen molar-refractivity contribution in [1.82, 2.24) is 9.97 Å². The van der Waals surface area contributed by atoms with Crippen LogP contribution in [0.1, 0.15) is 5.82 Å². The van der Waals surface area contributed by atoms with Crippen LogP contribution < -0.4 is 0 Å². The fraction of sp³-hybridized carbons (Fsp3) is 0.125. The minimum absolute atomic E-state index is 0.950. The Labute approximate surface area is 79.6 Å². The van der Waals surface area contributed by atoms with Crippen molar-refractivity contribution in [1.29, 1.82) is 0 Å². The molecule has 0 spiro atoms. The van der Waals surface area contributed by atoms with Crippen molar-refractivity contribution >= 4 is 33.5 Å². The summed E-state index contributed by atoms with van der Waals surface area (Å²) in [6.07, 6.45) is 0. The Morgan fingerprint density at radius 3 is 3.08 bits per heavy atom. The van der Waals surface area contributed by atoms with Crippen LogP contribution in [0.3, 0.4) is 0 Å². The third kappa shape index (κ3) is 1.32. The zero-order valence-electron chi connectivity index (χ0n) is 6.53. The lowest BCUT2D eigenvalue weighted by Crippen LogP contribution is -1.69. The van der Waals surface area contributed by atoms with E-state index in [1.165, 1.54) is 10.8 Å². The molecule has 12 heavy (non-hydrogen) atoms. The van der Waals surface area contributed by atoms with Crippen molar-refractivity contribution < 1.29 is 0 Å². The summed E-state index contributed by atoms with van der Waals surface area (Å²) >= 11 is 4.12. The maximum Gasteiger partial charge on any atom is 0.104 e. The van der Waals surface area contributed by atoms with Gasteiger partial charge in [0, 0.05) is 4.90 Å². The molecule has 0 saturated carbocycles. The molecule has 2 aromatic rings. The number of aryl methyl sites for hydroxylation is 1. The second kappa shape index (κ2) is 3.03. The number of benzene rings is 1. The maximum absolute atomic E-state index is 4.30. The second-order valence-electron chi connectivity index (χ2n) is 2.59. The highest BCUT2D eigenvalue weighted by Crippen LogP contribution is 2.24. The summed E-state index contributed by atoms with van der Waals surface area (Å²) in [5.74, 6) is 0.950. The van der Waals surface area contributed by atoms with Gasteiger partial charge in [0.25, 0.3) is 0 Å². The Balaban J connectivity index is 2.66. The van der Waals surface area contributed by atoms with Crippen molar-refractivity contribution in [3.05, 3.63) is 24.0 Å². The van der Waals surface area contributed by atoms with Crippen LogP contribution in [0.4, 0.5) is 0 Å². The Kier molecular flexibility index (Phi) is 2.02. The minimum Gasteiger partial charge on any atom is -0.342 e. The zero-order chi connectivity index (χ0) is 8.55. The lowest BCUT2D eigenvalue weighted by atomic mass is 10.3. The van der Waals surface area contributed by atoms with Crippen LogP contribution in [0.15, 0.2) is 23.1 Å². The van der Waals surface area contributed by atoms with E-state index in [2.05, 4.69) is 21.6 Å². The molecule has 4 heteroatoms. The Morgan fingerprint density at radius 1 is 1.50 bits per heavy atom. The Bertz CT molecular complexity index is 408. The van der Waals surface area contributed by atoms with Crippen molar-refractivity contribution in [3.8, 4) is 0 Å². The molecule has 1 heterocycles. The monoisotopic (exact) mass is 196 g/mol. The molecule has 0 saturated heterocycles. The number of hydrogen-bond acceptors (Lipinski definition) is 3. The molecular formula is C8H8N2S2. The van der Waals surface area contributed by atoms with Gasteiger partial charge in [0.05, 0.1) is 11.0 Å². The second-order valence-corrected chi connectivity index (χ2v) is 3.79. The first-order valence-electron chi connectivity index (χ1n) is 3.57. The third-order valence-corrected chi connectivity index (χ3v) is 2.77. The molecule has 0 unspecified atom stereocenters. The lowest BCUT2D eigenvalue weighted by molar-refractivity contribution is 1.17. The molecule has 2 nitrogen and oxygen atoms in total. The third-order valence-electron chi connectivity index (χ3n) is 1.68. The van der Waals surface area contributed by atoms with Gasteiger partial charge in [-0.15, -0.1) is 11.7 Å². The summed E-state index contributed by atoms with van der Waals surface area (Å²) in [6.45, 7) is 1.95. The molecule has 1 aromatic carbocycles. The normalized spacial score (nSPS) is 10.8. The van der Waals surface area contributed by atoms with Gasteiger partial charge in [0.1, 0.15) is 5.82 Å². The highest BCUT2D eigenvalue weighted by molar-refractivity contribution is 8.68. The van der Waals surface area contributed by atoms with Gasteiger partial charge >= 0.3 is 0 Å². The molecule has 0 bridgehead atoms. The quantitative estimate of drug-likeness (QED) is 0.542. The SMILES string of the molecule is Cc1nc2ccc(SS)cc2[nH]1. The number of nitrogens with zero attached hydrogens (tertiary/aromatic N) is 1. The van der Waals surface area contributed by atoms with Crippen molar-refractivity contribution in [2.24, 2.45) is 0 Å². The van der Waals surface area contributed by atoms with Crippen LogP contribution in [-0.2, 0) is 0 Å². The van der Waals surface area contributed by atoms with Crippen LogP contribution in [0.25, 0.3) is 11.0 Å². The van der Waals surface area contributed by atoms with Gasteiger partial charge in [-0.3, -0.25) is 0 Å². The first-order chi connectivity index (χ1) is 5.79. The number of fused-ring (bicyclic) bond motifs is 1. The van der Waals surface area contributed by atoms with E-state index in [4.69, 9.17) is 0 Å². The summed E-state index contributed by atoms with van der Waals surface area (Å²) in [6, 6.07) is 6.06. The van der Waals surface area contributed by atoms with Gasteiger partial charge in [-0.25, -0.2) is 4.98 Å². The summed E-state index contributed by atoms with van der Waals surface area (Å²) in [4.78, 5) is 8.61. The van der Waals surface area contributed by atoms with Gasteiger partial charge < -0.3 is 4.98 Å². The molecule has 1 aromatic heterocycles. The van der Waals surface area contributed by atoms with Crippen LogP contribution in [0.2, 0.25) is 0 Å². The molecule has 0 aliphatic rings. The van der Waals surface area contributed by atoms with E-state index < -0.39 is 0 Å². The summed E-state index contributed by atoms with van der Waals surface area (Å²) in [7, 11) is 1.44. The number of aromatic nitrogens is 2. The van der Waals surface area contributed by atoms with Crippen LogP contribution >= 0.6 is 22.5 Å². The molecule has 1 N–H and O–H groups in total. The molecule has 0 aliphatic carbocycles. The topological polar surface area (TPSA) is 28.7 Å². The fourth-order valence-electron chi connectivity index (χ4n) is 1.17. The van der Waals surface area contributed by atoms with Crippen molar-refractivity contribution in [2.45, 2.75) is 11.8 Å². The number of H-pyrrole nitrogens is 1. The predicted octanol–water partition coefficient (Wildman–Crippen LogP) is 2.81. The number of imidazole rings is 1. The van der Waals surface area contributed by atoms with E-state index in [1.807, 2.05) is 25.1 Å². The lowest BCUT2D eigenvalue weighted by Gasteiger charge is -1.92. The van der Waals surface area contributed by atoms with Crippen molar-refractivity contribution in [2.75, 3.05) is 0 Å². The fourth-order valence-corrected chi connectivity index (χ4v) is 1.81. The zero-order valence-corrected chi connectivity index (χ0v) is 8.25. The number of nitrogens with one attached hydrogen (secondary N) is 1. The first-order valence-corrected chi connectivity index (χ1v) is 5.44. The predicted molar refractivity (Wildman–Crippen MR) is 55.7 cm³/mol. The van der Waals surface area contributed by atoms with E-state index in [-0.39, 0.29) is 0 Å². The van der Waals surface area contributed by atoms with E-state index in [9.17, 15) is 0 Å². The van der Waals surface area contributed by atoms with E-state index in [0.717, 1.165) is 21.8 Å². The Morgan fingerprint density at radius 2 is 2.33 bits per heavy atom. The van der Waals surface area contributed by atoms with Gasteiger partial charge in [0.2, 0.25) is 0 Å². The first kappa shape index (κ1) is 8.01. The van der Waals surface area contributed by atoms with E-state index in [0.29, 0.717) is 0 Å². The summed E-state index contributed by atoms with van der Waals surface area (Å²) in [5.41, 5.74) is 2.09.